The van der Waals surface area contributed by atoms with Gasteiger partial charge in [0, 0.05) is 17.5 Å². The molecule has 0 bridgehead atoms. The first kappa shape index (κ1) is 15.2. The molecule has 1 rings (SSSR count). The number of benzene rings is 1. The normalized spacial score (nSPS) is 11.4. The van der Waals surface area contributed by atoms with Gasteiger partial charge in [0.1, 0.15) is 11.4 Å². The minimum atomic E-state index is -0.753. The third-order valence-corrected chi connectivity index (χ3v) is 3.55. The van der Waals surface area contributed by atoms with E-state index < -0.39 is 5.60 Å². The van der Waals surface area contributed by atoms with Crippen molar-refractivity contribution >= 4 is 21.7 Å². The van der Waals surface area contributed by atoms with Gasteiger partial charge in [-0.3, -0.25) is 4.79 Å². The van der Waals surface area contributed by atoms with Gasteiger partial charge in [0.05, 0.1) is 7.11 Å². The second kappa shape index (κ2) is 6.34. The molecular formula is C14H19BrO3. The molecule has 0 fully saturated rings. The maximum Gasteiger partial charge on any atom is 0.168 e. The zero-order valence-electron chi connectivity index (χ0n) is 11.2. The van der Waals surface area contributed by atoms with Crippen molar-refractivity contribution in [2.45, 2.75) is 32.8 Å². The van der Waals surface area contributed by atoms with Gasteiger partial charge in [0.2, 0.25) is 0 Å². The molecule has 0 radical (unpaired) electrons. The van der Waals surface area contributed by atoms with Gasteiger partial charge < -0.3 is 9.47 Å². The van der Waals surface area contributed by atoms with E-state index in [-0.39, 0.29) is 5.78 Å². The Balaban J connectivity index is 2.87. The number of carbonyl (C=O) groups excluding carboxylic acids is 1. The summed E-state index contributed by atoms with van der Waals surface area (Å²) in [7, 11) is 1.61. The first-order valence-electron chi connectivity index (χ1n) is 5.90. The summed E-state index contributed by atoms with van der Waals surface area (Å²) in [5.41, 5.74) is 0.157. The number of ether oxygens (including phenoxy) is 2. The fraction of sp³-hybridized carbons (Fsp3) is 0.500. The van der Waals surface area contributed by atoms with Gasteiger partial charge in [-0.1, -0.05) is 15.9 Å². The van der Waals surface area contributed by atoms with E-state index >= 15 is 0 Å². The van der Waals surface area contributed by atoms with E-state index in [1.54, 1.807) is 21.0 Å². The van der Waals surface area contributed by atoms with E-state index in [4.69, 9.17) is 9.47 Å². The largest absolute Gasteiger partial charge is 0.497 e. The van der Waals surface area contributed by atoms with Crippen LogP contribution in [0.15, 0.2) is 22.7 Å². The molecule has 0 unspecified atom stereocenters. The molecule has 3 nitrogen and oxygen atoms in total. The molecular weight excluding hydrogens is 296 g/mol. The van der Waals surface area contributed by atoms with Crippen molar-refractivity contribution in [2.75, 3.05) is 13.7 Å². The lowest BCUT2D eigenvalue weighted by Crippen LogP contribution is -2.36. The highest BCUT2D eigenvalue weighted by atomic mass is 79.9. The highest BCUT2D eigenvalue weighted by molar-refractivity contribution is 9.10. The minimum absolute atomic E-state index is 0.0540. The van der Waals surface area contributed by atoms with Crippen LogP contribution in [-0.2, 0) is 16.0 Å². The average molecular weight is 315 g/mol. The summed E-state index contributed by atoms with van der Waals surface area (Å²) in [5.74, 6) is 0.800. The SMILES string of the molecule is CCOC(C)(C)C(=O)Cc1cc(OC)ccc1Br. The Kier molecular flexibility index (Phi) is 5.35. The molecule has 0 aliphatic rings. The maximum absolute atomic E-state index is 12.2. The van der Waals surface area contributed by atoms with Gasteiger partial charge in [-0.05, 0) is 44.5 Å². The number of rotatable bonds is 6. The Morgan fingerprint density at radius 2 is 2.06 bits per heavy atom. The predicted molar refractivity (Wildman–Crippen MR) is 75.1 cm³/mol. The van der Waals surface area contributed by atoms with Crippen LogP contribution in [-0.4, -0.2) is 25.1 Å². The lowest BCUT2D eigenvalue weighted by Gasteiger charge is -2.23. The first-order valence-corrected chi connectivity index (χ1v) is 6.69. The fourth-order valence-corrected chi connectivity index (χ4v) is 2.03. The average Bonchev–Trinajstić information content (AvgIpc) is 2.31. The number of hydrogen-bond acceptors (Lipinski definition) is 3. The summed E-state index contributed by atoms with van der Waals surface area (Å²) < 4.78 is 11.5. The number of ketones is 1. The Bertz CT molecular complexity index is 427. The summed E-state index contributed by atoms with van der Waals surface area (Å²) >= 11 is 3.45. The van der Waals surface area contributed by atoms with Gasteiger partial charge in [-0.25, -0.2) is 0 Å². The van der Waals surface area contributed by atoms with E-state index in [0.717, 1.165) is 15.8 Å². The van der Waals surface area contributed by atoms with Crippen molar-refractivity contribution < 1.29 is 14.3 Å². The van der Waals surface area contributed by atoms with Crippen LogP contribution in [0.4, 0.5) is 0 Å². The Labute approximate surface area is 117 Å². The molecule has 18 heavy (non-hydrogen) atoms. The van der Waals surface area contributed by atoms with E-state index in [1.807, 2.05) is 25.1 Å². The molecule has 0 aliphatic carbocycles. The van der Waals surface area contributed by atoms with Crippen LogP contribution in [0.3, 0.4) is 0 Å². The van der Waals surface area contributed by atoms with Crippen LogP contribution >= 0.6 is 15.9 Å². The zero-order valence-corrected chi connectivity index (χ0v) is 12.8. The maximum atomic E-state index is 12.2. The molecule has 0 saturated heterocycles. The highest BCUT2D eigenvalue weighted by Gasteiger charge is 2.28. The van der Waals surface area contributed by atoms with E-state index in [9.17, 15) is 4.79 Å². The van der Waals surface area contributed by atoms with Crippen LogP contribution < -0.4 is 4.74 Å². The smallest absolute Gasteiger partial charge is 0.168 e. The second-order valence-electron chi connectivity index (χ2n) is 4.50. The minimum Gasteiger partial charge on any atom is -0.497 e. The quantitative estimate of drug-likeness (QED) is 0.807. The predicted octanol–water partition coefficient (Wildman–Crippen LogP) is 3.38. The molecule has 0 heterocycles. The standard InChI is InChI=1S/C14H19BrO3/c1-5-18-14(2,3)13(16)9-10-8-11(17-4)6-7-12(10)15/h6-8H,5,9H2,1-4H3. The van der Waals surface area contributed by atoms with Gasteiger partial charge in [0.25, 0.3) is 0 Å². The number of halogens is 1. The van der Waals surface area contributed by atoms with Crippen LogP contribution in [0, 0.1) is 0 Å². The first-order chi connectivity index (χ1) is 8.40. The molecule has 0 saturated carbocycles. The molecule has 0 aromatic heterocycles. The molecule has 0 spiro atoms. The van der Waals surface area contributed by atoms with E-state index in [2.05, 4.69) is 15.9 Å². The van der Waals surface area contributed by atoms with Crippen molar-refractivity contribution in [2.24, 2.45) is 0 Å². The Hall–Kier alpha value is -0.870. The summed E-state index contributed by atoms with van der Waals surface area (Å²) in [5, 5.41) is 0. The summed E-state index contributed by atoms with van der Waals surface area (Å²) in [6.45, 7) is 6.01. The van der Waals surface area contributed by atoms with Crippen molar-refractivity contribution in [1.29, 1.82) is 0 Å². The summed E-state index contributed by atoms with van der Waals surface area (Å²) in [6, 6.07) is 5.60. The van der Waals surface area contributed by atoms with E-state index in [0.29, 0.717) is 13.0 Å². The van der Waals surface area contributed by atoms with Crippen molar-refractivity contribution in [1.82, 2.24) is 0 Å². The van der Waals surface area contributed by atoms with Crippen LogP contribution in [0.5, 0.6) is 5.75 Å². The van der Waals surface area contributed by atoms with Crippen LogP contribution in [0.2, 0.25) is 0 Å². The Morgan fingerprint density at radius 3 is 2.61 bits per heavy atom. The zero-order chi connectivity index (χ0) is 13.8. The molecule has 1 aromatic rings. The third-order valence-electron chi connectivity index (χ3n) is 2.78. The van der Waals surface area contributed by atoms with Crippen LogP contribution in [0.1, 0.15) is 26.3 Å². The van der Waals surface area contributed by atoms with Gasteiger partial charge in [-0.15, -0.1) is 0 Å². The monoisotopic (exact) mass is 314 g/mol. The molecule has 0 aliphatic heterocycles. The number of Topliss-reactive ketones (excluding diaryl/α,β-unsaturated/α-hetero) is 1. The second-order valence-corrected chi connectivity index (χ2v) is 5.35. The Morgan fingerprint density at radius 1 is 1.39 bits per heavy atom. The van der Waals surface area contributed by atoms with Crippen molar-refractivity contribution in [3.63, 3.8) is 0 Å². The van der Waals surface area contributed by atoms with Crippen LogP contribution in [0.25, 0.3) is 0 Å². The topological polar surface area (TPSA) is 35.5 Å². The molecule has 0 atom stereocenters. The number of carbonyl (C=O) groups is 1. The lowest BCUT2D eigenvalue weighted by atomic mass is 9.96. The number of methoxy groups -OCH3 is 1. The van der Waals surface area contributed by atoms with Gasteiger partial charge in [0.15, 0.2) is 5.78 Å². The molecule has 4 heteroatoms. The summed E-state index contributed by atoms with van der Waals surface area (Å²) in [6.07, 6.45) is 0.324. The molecule has 0 amide bonds. The number of hydrogen-bond donors (Lipinski definition) is 0. The summed E-state index contributed by atoms with van der Waals surface area (Å²) in [4.78, 5) is 12.2. The third kappa shape index (κ3) is 3.82. The fourth-order valence-electron chi connectivity index (χ4n) is 1.64. The lowest BCUT2D eigenvalue weighted by molar-refractivity contribution is -0.139. The van der Waals surface area contributed by atoms with Gasteiger partial charge >= 0.3 is 0 Å². The van der Waals surface area contributed by atoms with Gasteiger partial charge in [-0.2, -0.15) is 0 Å². The van der Waals surface area contributed by atoms with Crippen molar-refractivity contribution in [3.05, 3.63) is 28.2 Å². The van der Waals surface area contributed by atoms with E-state index in [1.165, 1.54) is 0 Å². The molecule has 100 valence electrons. The van der Waals surface area contributed by atoms with Crippen molar-refractivity contribution in [3.8, 4) is 5.75 Å². The molecule has 0 N–H and O–H groups in total. The highest BCUT2D eigenvalue weighted by Crippen LogP contribution is 2.25. The molecule has 1 aromatic carbocycles.